The molecule has 0 bridgehead atoms. The highest BCUT2D eigenvalue weighted by atomic mass is 16.5. The number of nitrogens with one attached hydrogen (secondary N) is 2. The average molecular weight is 301 g/mol. The molecule has 1 saturated heterocycles. The number of H-pyrrole nitrogens is 1. The molecule has 2 atom stereocenters. The molecule has 3 heterocycles. The normalized spacial score (nSPS) is 21.0. The van der Waals surface area contributed by atoms with Crippen LogP contribution in [0.3, 0.4) is 0 Å². The maximum absolute atomic E-state index is 12.4. The Morgan fingerprint density at radius 2 is 2.45 bits per heavy atom. The molecule has 7 heteroatoms. The Morgan fingerprint density at radius 1 is 1.55 bits per heavy atom. The van der Waals surface area contributed by atoms with Crippen LogP contribution in [-0.4, -0.2) is 39.2 Å². The second-order valence-electron chi connectivity index (χ2n) is 5.31. The zero-order valence-electron chi connectivity index (χ0n) is 12.5. The van der Waals surface area contributed by atoms with Crippen molar-refractivity contribution >= 4 is 5.91 Å². The van der Waals surface area contributed by atoms with Crippen LogP contribution < -0.4 is 5.32 Å². The first-order chi connectivity index (χ1) is 10.8. The summed E-state index contributed by atoms with van der Waals surface area (Å²) in [4.78, 5) is 20.6. The van der Waals surface area contributed by atoms with Gasteiger partial charge in [-0.15, -0.1) is 0 Å². The number of carbonyl (C=O) groups is 1. The molecule has 0 unspecified atom stereocenters. The molecule has 3 rings (SSSR count). The Morgan fingerprint density at radius 3 is 3.23 bits per heavy atom. The number of carbonyl (C=O) groups excluding carboxylic acids is 1. The highest BCUT2D eigenvalue weighted by Crippen LogP contribution is 2.31. The maximum Gasteiger partial charge on any atom is 0.251 e. The van der Waals surface area contributed by atoms with Crippen LogP contribution in [0.2, 0.25) is 0 Å². The summed E-state index contributed by atoms with van der Waals surface area (Å²) in [5.74, 6) is 0.848. The number of hydrogen-bond acceptors (Lipinski definition) is 5. The van der Waals surface area contributed by atoms with Gasteiger partial charge in [0.1, 0.15) is 12.4 Å². The van der Waals surface area contributed by atoms with Crippen molar-refractivity contribution in [2.75, 3.05) is 13.2 Å². The molecule has 1 amide bonds. The second kappa shape index (κ2) is 6.65. The summed E-state index contributed by atoms with van der Waals surface area (Å²) in [5.41, 5.74) is 1.64. The first-order valence-electron chi connectivity index (χ1n) is 7.47. The standard InChI is InChI=1S/C15H19N5O2/c1-2-10-7-16-5-3-12(10)15(21)17-8-11-4-6-22-13(11)14-18-9-19-20-14/h3,5,7,9,11,13H,2,4,6,8H2,1H3,(H,17,21)(H,18,19,20)/t11-,13-/m0/s1. The number of nitrogens with zero attached hydrogens (tertiary/aromatic N) is 3. The zero-order valence-corrected chi connectivity index (χ0v) is 12.5. The van der Waals surface area contributed by atoms with Gasteiger partial charge < -0.3 is 10.1 Å². The minimum absolute atomic E-state index is 0.0672. The van der Waals surface area contributed by atoms with Crippen molar-refractivity contribution in [2.24, 2.45) is 5.92 Å². The van der Waals surface area contributed by atoms with Crippen molar-refractivity contribution in [3.63, 3.8) is 0 Å². The molecule has 0 aromatic carbocycles. The van der Waals surface area contributed by atoms with Crippen LogP contribution >= 0.6 is 0 Å². The molecule has 0 radical (unpaired) electrons. The van der Waals surface area contributed by atoms with Crippen molar-refractivity contribution in [1.82, 2.24) is 25.5 Å². The van der Waals surface area contributed by atoms with Gasteiger partial charge in [0, 0.05) is 37.0 Å². The summed E-state index contributed by atoms with van der Waals surface area (Å²) in [5, 5.41) is 9.69. The quantitative estimate of drug-likeness (QED) is 0.867. The zero-order chi connectivity index (χ0) is 15.4. The van der Waals surface area contributed by atoms with E-state index in [4.69, 9.17) is 4.74 Å². The van der Waals surface area contributed by atoms with Crippen molar-refractivity contribution in [3.8, 4) is 0 Å². The van der Waals surface area contributed by atoms with E-state index in [1.807, 2.05) is 6.92 Å². The Kier molecular flexibility index (Phi) is 4.43. The lowest BCUT2D eigenvalue weighted by molar-refractivity contribution is 0.0798. The molecule has 0 saturated carbocycles. The fourth-order valence-electron chi connectivity index (χ4n) is 2.75. The number of hydrogen-bond donors (Lipinski definition) is 2. The van der Waals surface area contributed by atoms with E-state index in [2.05, 4.69) is 25.5 Å². The summed E-state index contributed by atoms with van der Waals surface area (Å²) in [7, 11) is 0. The van der Waals surface area contributed by atoms with Crippen LogP contribution in [-0.2, 0) is 11.2 Å². The van der Waals surface area contributed by atoms with Crippen molar-refractivity contribution in [2.45, 2.75) is 25.9 Å². The summed E-state index contributed by atoms with van der Waals surface area (Å²) in [6.07, 6.45) is 6.39. The van der Waals surface area contributed by atoms with E-state index >= 15 is 0 Å². The number of aryl methyl sites for hydroxylation is 1. The first kappa shape index (κ1) is 14.6. The van der Waals surface area contributed by atoms with Gasteiger partial charge in [-0.25, -0.2) is 4.98 Å². The van der Waals surface area contributed by atoms with Crippen LogP contribution in [0.4, 0.5) is 0 Å². The first-order valence-corrected chi connectivity index (χ1v) is 7.47. The Balaban J connectivity index is 1.63. The second-order valence-corrected chi connectivity index (χ2v) is 5.31. The van der Waals surface area contributed by atoms with Crippen LogP contribution in [0.15, 0.2) is 24.8 Å². The molecular weight excluding hydrogens is 282 g/mol. The summed E-state index contributed by atoms with van der Waals surface area (Å²) in [6.45, 7) is 3.23. The van der Waals surface area contributed by atoms with Crippen LogP contribution in [0.25, 0.3) is 0 Å². The highest BCUT2D eigenvalue weighted by Gasteiger charge is 2.32. The third kappa shape index (κ3) is 2.99. The van der Waals surface area contributed by atoms with Gasteiger partial charge >= 0.3 is 0 Å². The summed E-state index contributed by atoms with van der Waals surface area (Å²) in [6, 6.07) is 1.76. The van der Waals surface area contributed by atoms with E-state index in [1.54, 1.807) is 18.5 Å². The molecule has 2 aromatic heterocycles. The monoisotopic (exact) mass is 301 g/mol. The number of aromatic amines is 1. The van der Waals surface area contributed by atoms with Crippen molar-refractivity contribution in [3.05, 3.63) is 41.7 Å². The van der Waals surface area contributed by atoms with Gasteiger partial charge in [-0.05, 0) is 24.5 Å². The number of ether oxygens (including phenoxy) is 1. The van der Waals surface area contributed by atoms with Crippen molar-refractivity contribution in [1.29, 1.82) is 0 Å². The van der Waals surface area contributed by atoms with Crippen LogP contribution in [0, 0.1) is 5.92 Å². The average Bonchev–Trinajstić information content (AvgIpc) is 3.23. The number of aromatic nitrogens is 4. The minimum Gasteiger partial charge on any atom is -0.370 e. The van der Waals surface area contributed by atoms with Gasteiger partial charge in [0.25, 0.3) is 5.91 Å². The van der Waals surface area contributed by atoms with E-state index in [-0.39, 0.29) is 17.9 Å². The molecule has 0 spiro atoms. The van der Waals surface area contributed by atoms with Gasteiger partial charge in [0.15, 0.2) is 5.82 Å². The van der Waals surface area contributed by atoms with E-state index in [0.29, 0.717) is 18.7 Å². The fraction of sp³-hybridized carbons (Fsp3) is 0.467. The predicted octanol–water partition coefficient (Wildman–Crippen LogP) is 1.27. The lowest BCUT2D eigenvalue weighted by atomic mass is 10.0. The molecule has 0 aliphatic carbocycles. The largest absolute Gasteiger partial charge is 0.370 e. The fourth-order valence-corrected chi connectivity index (χ4v) is 2.75. The molecule has 116 valence electrons. The van der Waals surface area contributed by atoms with E-state index < -0.39 is 0 Å². The SMILES string of the molecule is CCc1cnccc1C(=O)NC[C@@H]1CCO[C@@H]1c1ncn[nH]1. The third-order valence-electron chi connectivity index (χ3n) is 3.97. The molecule has 2 N–H and O–H groups in total. The third-order valence-corrected chi connectivity index (χ3v) is 3.97. The van der Waals surface area contributed by atoms with Crippen LogP contribution in [0.1, 0.15) is 41.2 Å². The molecule has 1 fully saturated rings. The number of rotatable bonds is 5. The minimum atomic E-state index is -0.133. The molecule has 2 aromatic rings. The maximum atomic E-state index is 12.4. The van der Waals surface area contributed by atoms with E-state index in [1.165, 1.54) is 6.33 Å². The smallest absolute Gasteiger partial charge is 0.251 e. The molecule has 1 aliphatic heterocycles. The van der Waals surface area contributed by atoms with Gasteiger partial charge in [-0.3, -0.25) is 14.9 Å². The van der Waals surface area contributed by atoms with Crippen molar-refractivity contribution < 1.29 is 9.53 Å². The number of amides is 1. The lowest BCUT2D eigenvalue weighted by Gasteiger charge is -2.17. The van der Waals surface area contributed by atoms with Gasteiger partial charge in [0.2, 0.25) is 0 Å². The summed E-state index contributed by atoms with van der Waals surface area (Å²) >= 11 is 0. The Hall–Kier alpha value is -2.28. The molecule has 22 heavy (non-hydrogen) atoms. The molecule has 1 aliphatic rings. The highest BCUT2D eigenvalue weighted by molar-refractivity contribution is 5.95. The molecular formula is C15H19N5O2. The predicted molar refractivity (Wildman–Crippen MR) is 79.1 cm³/mol. The van der Waals surface area contributed by atoms with E-state index in [0.717, 1.165) is 24.2 Å². The van der Waals surface area contributed by atoms with E-state index in [9.17, 15) is 4.79 Å². The molecule has 7 nitrogen and oxygen atoms in total. The lowest BCUT2D eigenvalue weighted by Crippen LogP contribution is -2.31. The summed E-state index contributed by atoms with van der Waals surface area (Å²) < 4.78 is 5.70. The van der Waals surface area contributed by atoms with Crippen LogP contribution in [0.5, 0.6) is 0 Å². The number of pyridine rings is 1. The Labute approximate surface area is 128 Å². The topological polar surface area (TPSA) is 92.8 Å². The van der Waals surface area contributed by atoms with Gasteiger partial charge in [-0.2, -0.15) is 5.10 Å². The van der Waals surface area contributed by atoms with Gasteiger partial charge in [-0.1, -0.05) is 6.92 Å². The van der Waals surface area contributed by atoms with Gasteiger partial charge in [0.05, 0.1) is 0 Å². The Bertz CT molecular complexity index is 629.